The van der Waals surface area contributed by atoms with Gasteiger partial charge in [0.1, 0.15) is 5.82 Å². The highest BCUT2D eigenvalue weighted by Gasteiger charge is 2.14. The van der Waals surface area contributed by atoms with Crippen molar-refractivity contribution < 1.29 is 9.18 Å². The normalized spacial score (nSPS) is 12.8. The quantitative estimate of drug-likeness (QED) is 0.770. The Morgan fingerprint density at radius 2 is 1.82 bits per heavy atom. The van der Waals surface area contributed by atoms with Crippen molar-refractivity contribution in [3.05, 3.63) is 35.6 Å². The van der Waals surface area contributed by atoms with E-state index in [-0.39, 0.29) is 17.6 Å². The third kappa shape index (κ3) is 4.65. The van der Waals surface area contributed by atoms with Crippen molar-refractivity contribution >= 4 is 5.78 Å². The van der Waals surface area contributed by atoms with Crippen molar-refractivity contribution in [2.45, 2.75) is 33.2 Å². The Hall–Kier alpha value is -1.22. The maximum Gasteiger partial charge on any atom is 0.179 e. The molecule has 0 radical (unpaired) electrons. The van der Waals surface area contributed by atoms with Crippen LogP contribution in [0.2, 0.25) is 0 Å². The van der Waals surface area contributed by atoms with Gasteiger partial charge in [-0.1, -0.05) is 13.8 Å². The molecule has 17 heavy (non-hydrogen) atoms. The van der Waals surface area contributed by atoms with Crippen LogP contribution in [0, 0.1) is 11.7 Å². The molecule has 1 rings (SSSR count). The summed E-state index contributed by atoms with van der Waals surface area (Å²) in [6, 6.07) is 5.46. The molecular formula is C14H20FNO. The molecule has 94 valence electrons. The number of hydrogen-bond donors (Lipinski definition) is 1. The van der Waals surface area contributed by atoms with Crippen molar-refractivity contribution in [3.8, 4) is 0 Å². The minimum atomic E-state index is -0.318. The standard InChI is InChI=1S/C14H20FNO/c1-10(2)8-9-16-11(3)14(17)12-4-6-13(15)7-5-12/h4-7,10-11,16H,8-9H2,1-3H3. The zero-order valence-corrected chi connectivity index (χ0v) is 10.7. The number of Topliss-reactive ketones (excluding diaryl/α,β-unsaturated/α-hetero) is 1. The Bertz CT molecular complexity index is 359. The maximum absolute atomic E-state index is 12.7. The molecule has 0 aliphatic carbocycles. The van der Waals surface area contributed by atoms with Crippen LogP contribution in [0.5, 0.6) is 0 Å². The van der Waals surface area contributed by atoms with Crippen molar-refractivity contribution in [1.82, 2.24) is 5.32 Å². The van der Waals surface area contributed by atoms with E-state index in [4.69, 9.17) is 0 Å². The van der Waals surface area contributed by atoms with Crippen LogP contribution in [0.1, 0.15) is 37.6 Å². The Kier molecular flexibility index (Phi) is 5.29. The summed E-state index contributed by atoms with van der Waals surface area (Å²) in [5.41, 5.74) is 0.552. The first-order valence-electron chi connectivity index (χ1n) is 6.04. The average molecular weight is 237 g/mol. The third-order valence-electron chi connectivity index (χ3n) is 2.69. The lowest BCUT2D eigenvalue weighted by Crippen LogP contribution is -2.35. The first-order chi connectivity index (χ1) is 8.00. The second-order valence-corrected chi connectivity index (χ2v) is 4.73. The molecule has 0 aliphatic heterocycles. The predicted molar refractivity (Wildman–Crippen MR) is 67.7 cm³/mol. The van der Waals surface area contributed by atoms with E-state index in [1.807, 2.05) is 6.92 Å². The Balaban J connectivity index is 2.49. The molecule has 1 unspecified atom stereocenters. The van der Waals surface area contributed by atoms with Crippen LogP contribution in [0.15, 0.2) is 24.3 Å². The molecule has 0 bridgehead atoms. The molecule has 0 heterocycles. The summed E-state index contributed by atoms with van der Waals surface area (Å²) in [5.74, 6) is 0.311. The molecule has 1 N–H and O–H groups in total. The molecule has 3 heteroatoms. The molecule has 1 atom stereocenters. The number of nitrogens with one attached hydrogen (secondary N) is 1. The summed E-state index contributed by atoms with van der Waals surface area (Å²) >= 11 is 0. The minimum Gasteiger partial charge on any atom is -0.307 e. The lowest BCUT2D eigenvalue weighted by atomic mass is 10.0. The SMILES string of the molecule is CC(C)CCNC(C)C(=O)c1ccc(F)cc1. The molecule has 0 saturated heterocycles. The highest BCUT2D eigenvalue weighted by molar-refractivity contribution is 5.99. The van der Waals surface area contributed by atoms with Crippen molar-refractivity contribution in [1.29, 1.82) is 0 Å². The Labute approximate surface area is 102 Å². The van der Waals surface area contributed by atoms with Gasteiger partial charge in [-0.15, -0.1) is 0 Å². The van der Waals surface area contributed by atoms with E-state index in [0.717, 1.165) is 13.0 Å². The highest BCUT2D eigenvalue weighted by atomic mass is 19.1. The number of rotatable bonds is 6. The fourth-order valence-electron chi connectivity index (χ4n) is 1.55. The molecule has 0 aromatic heterocycles. The molecule has 0 amide bonds. The molecule has 0 saturated carbocycles. The summed E-state index contributed by atoms with van der Waals surface area (Å²) in [7, 11) is 0. The van der Waals surface area contributed by atoms with E-state index >= 15 is 0 Å². The zero-order valence-electron chi connectivity index (χ0n) is 10.7. The van der Waals surface area contributed by atoms with E-state index < -0.39 is 0 Å². The molecule has 0 spiro atoms. The van der Waals surface area contributed by atoms with Crippen LogP contribution in [0.4, 0.5) is 4.39 Å². The van der Waals surface area contributed by atoms with E-state index in [1.54, 1.807) is 0 Å². The smallest absolute Gasteiger partial charge is 0.179 e. The number of carbonyl (C=O) groups excluding carboxylic acids is 1. The van der Waals surface area contributed by atoms with Gasteiger partial charge in [-0.25, -0.2) is 4.39 Å². The summed E-state index contributed by atoms with van der Waals surface area (Å²) in [6.07, 6.45) is 1.04. The second-order valence-electron chi connectivity index (χ2n) is 4.73. The van der Waals surface area contributed by atoms with Gasteiger partial charge < -0.3 is 5.32 Å². The highest BCUT2D eigenvalue weighted by Crippen LogP contribution is 2.06. The second kappa shape index (κ2) is 6.50. The van der Waals surface area contributed by atoms with Crippen molar-refractivity contribution in [3.63, 3.8) is 0 Å². The van der Waals surface area contributed by atoms with Crippen LogP contribution in [-0.4, -0.2) is 18.4 Å². The third-order valence-corrected chi connectivity index (χ3v) is 2.69. The molecule has 0 fully saturated rings. The first kappa shape index (κ1) is 13.8. The number of ketones is 1. The lowest BCUT2D eigenvalue weighted by molar-refractivity contribution is 0.0950. The van der Waals surface area contributed by atoms with Crippen LogP contribution < -0.4 is 5.32 Å². The average Bonchev–Trinajstić information content (AvgIpc) is 2.28. The number of halogens is 1. The Morgan fingerprint density at radius 1 is 1.24 bits per heavy atom. The van der Waals surface area contributed by atoms with Gasteiger partial charge in [0.2, 0.25) is 0 Å². The van der Waals surface area contributed by atoms with Gasteiger partial charge in [0.15, 0.2) is 5.78 Å². The van der Waals surface area contributed by atoms with Gasteiger partial charge >= 0.3 is 0 Å². The fourth-order valence-corrected chi connectivity index (χ4v) is 1.55. The van der Waals surface area contributed by atoms with E-state index in [0.29, 0.717) is 11.5 Å². The van der Waals surface area contributed by atoms with E-state index in [9.17, 15) is 9.18 Å². The van der Waals surface area contributed by atoms with Gasteiger partial charge in [0.25, 0.3) is 0 Å². The van der Waals surface area contributed by atoms with Crippen LogP contribution in [-0.2, 0) is 0 Å². The summed E-state index contributed by atoms with van der Waals surface area (Å²) in [6.45, 7) is 6.96. The minimum absolute atomic E-state index is 0.00811. The fraction of sp³-hybridized carbons (Fsp3) is 0.500. The predicted octanol–water partition coefficient (Wildman–Crippen LogP) is 3.03. The number of carbonyl (C=O) groups is 1. The van der Waals surface area contributed by atoms with E-state index in [1.165, 1.54) is 24.3 Å². The Morgan fingerprint density at radius 3 is 2.35 bits per heavy atom. The van der Waals surface area contributed by atoms with Crippen molar-refractivity contribution in [2.24, 2.45) is 5.92 Å². The summed E-state index contributed by atoms with van der Waals surface area (Å²) in [4.78, 5) is 11.9. The zero-order chi connectivity index (χ0) is 12.8. The molecule has 0 aliphatic rings. The monoisotopic (exact) mass is 237 g/mol. The van der Waals surface area contributed by atoms with Gasteiger partial charge in [0, 0.05) is 5.56 Å². The first-order valence-corrected chi connectivity index (χ1v) is 6.04. The van der Waals surface area contributed by atoms with Gasteiger partial charge in [0.05, 0.1) is 6.04 Å². The van der Waals surface area contributed by atoms with Crippen LogP contribution in [0.25, 0.3) is 0 Å². The van der Waals surface area contributed by atoms with E-state index in [2.05, 4.69) is 19.2 Å². The van der Waals surface area contributed by atoms with Gasteiger partial charge in [-0.2, -0.15) is 0 Å². The largest absolute Gasteiger partial charge is 0.307 e. The van der Waals surface area contributed by atoms with Gasteiger partial charge in [-0.3, -0.25) is 4.79 Å². The summed E-state index contributed by atoms with van der Waals surface area (Å²) in [5, 5.41) is 3.18. The maximum atomic E-state index is 12.7. The van der Waals surface area contributed by atoms with Crippen LogP contribution in [0.3, 0.4) is 0 Å². The lowest BCUT2D eigenvalue weighted by Gasteiger charge is -2.13. The topological polar surface area (TPSA) is 29.1 Å². The summed E-state index contributed by atoms with van der Waals surface area (Å²) < 4.78 is 12.7. The number of benzene rings is 1. The van der Waals surface area contributed by atoms with Gasteiger partial charge in [-0.05, 0) is 50.1 Å². The molecule has 1 aromatic carbocycles. The number of hydrogen-bond acceptors (Lipinski definition) is 2. The van der Waals surface area contributed by atoms with Crippen LogP contribution >= 0.6 is 0 Å². The van der Waals surface area contributed by atoms with Crippen molar-refractivity contribution in [2.75, 3.05) is 6.54 Å². The molecular weight excluding hydrogens is 217 g/mol. The molecule has 2 nitrogen and oxygen atoms in total. The molecule has 1 aromatic rings.